The van der Waals surface area contributed by atoms with E-state index in [1.165, 1.54) is 244 Å². The molecule has 0 radical (unpaired) electrons. The van der Waals surface area contributed by atoms with Gasteiger partial charge in [0.05, 0.1) is 27.7 Å². The summed E-state index contributed by atoms with van der Waals surface area (Å²) in [5, 5.41) is 0. The monoisotopic (exact) mass is 1170 g/mol. The molecule has 480 valence electrons. The number of phosphoric acid groups is 1. The first-order chi connectivity index (χ1) is 40.0. The van der Waals surface area contributed by atoms with Crippen LogP contribution in [0.5, 0.6) is 0 Å². The molecule has 0 amide bonds. The van der Waals surface area contributed by atoms with Gasteiger partial charge in [-0.25, -0.2) is 0 Å². The Morgan fingerprint density at radius 1 is 0.390 bits per heavy atom. The molecule has 0 aliphatic rings. The van der Waals surface area contributed by atoms with Crippen molar-refractivity contribution < 1.29 is 42.1 Å². The first-order valence-corrected chi connectivity index (χ1v) is 36.5. The third-order valence-corrected chi connectivity index (χ3v) is 16.5. The molecular weight excluding hydrogens is 1040 g/mol. The molecule has 0 rings (SSSR count). The highest BCUT2D eigenvalue weighted by atomic mass is 31.2. The number of hydrogen-bond acceptors (Lipinski definition) is 8. The molecule has 9 nitrogen and oxygen atoms in total. The second-order valence-corrected chi connectivity index (χ2v) is 26.3. The molecular formula is C72H134NO8P. The topological polar surface area (TPSA) is 111 Å². The summed E-state index contributed by atoms with van der Waals surface area (Å²) in [7, 11) is 1.18. The lowest BCUT2D eigenvalue weighted by atomic mass is 10.0. The molecule has 0 fully saturated rings. The van der Waals surface area contributed by atoms with Crippen LogP contribution in [0.1, 0.15) is 335 Å². The number of likely N-dealkylation sites (N-methyl/N-ethyl adjacent to an activating group) is 1. The molecule has 82 heavy (non-hydrogen) atoms. The Morgan fingerprint density at radius 3 is 1.05 bits per heavy atom. The van der Waals surface area contributed by atoms with Gasteiger partial charge in [-0.2, -0.15) is 0 Å². The Hall–Kier alpha value is -2.29. The predicted octanol–water partition coefficient (Wildman–Crippen LogP) is 22.0. The maximum atomic E-state index is 12.9. The third-order valence-electron chi connectivity index (χ3n) is 15.5. The number of rotatable bonds is 65. The zero-order chi connectivity index (χ0) is 59.8. The van der Waals surface area contributed by atoms with E-state index in [0.29, 0.717) is 17.4 Å². The van der Waals surface area contributed by atoms with Crippen LogP contribution in [0.2, 0.25) is 0 Å². The van der Waals surface area contributed by atoms with Crippen molar-refractivity contribution in [1.82, 2.24) is 0 Å². The van der Waals surface area contributed by atoms with E-state index in [1.54, 1.807) is 0 Å². The maximum absolute atomic E-state index is 12.9. The fourth-order valence-electron chi connectivity index (χ4n) is 10.2. The van der Waals surface area contributed by atoms with Gasteiger partial charge in [0.2, 0.25) is 0 Å². The summed E-state index contributed by atoms with van der Waals surface area (Å²) >= 11 is 0. The zero-order valence-electron chi connectivity index (χ0n) is 54.7. The second-order valence-electron chi connectivity index (χ2n) is 24.9. The second kappa shape index (κ2) is 63.2. The van der Waals surface area contributed by atoms with Gasteiger partial charge in [0.25, 0.3) is 7.82 Å². The molecule has 0 heterocycles. The fourth-order valence-corrected chi connectivity index (χ4v) is 10.9. The summed E-state index contributed by atoms with van der Waals surface area (Å²) < 4.78 is 34.3. The largest absolute Gasteiger partial charge is 0.756 e. The van der Waals surface area contributed by atoms with E-state index in [-0.39, 0.29) is 32.0 Å². The molecule has 10 heteroatoms. The van der Waals surface area contributed by atoms with Crippen LogP contribution in [-0.2, 0) is 32.7 Å². The van der Waals surface area contributed by atoms with Gasteiger partial charge in [-0.15, -0.1) is 0 Å². The number of unbranched alkanes of at least 4 members (excludes halogenated alkanes) is 41. The Bertz CT molecular complexity index is 1570. The Morgan fingerprint density at radius 2 is 0.695 bits per heavy atom. The first kappa shape index (κ1) is 79.7. The minimum absolute atomic E-state index is 0.0293. The van der Waals surface area contributed by atoms with Gasteiger partial charge in [-0.1, -0.05) is 306 Å². The Balaban J connectivity index is 3.91. The van der Waals surface area contributed by atoms with Crippen molar-refractivity contribution in [3.8, 4) is 0 Å². The van der Waals surface area contributed by atoms with Crippen LogP contribution >= 0.6 is 7.82 Å². The average molecular weight is 1170 g/mol. The van der Waals surface area contributed by atoms with Crippen molar-refractivity contribution in [2.45, 2.75) is 341 Å². The van der Waals surface area contributed by atoms with Crippen molar-refractivity contribution in [3.05, 3.63) is 60.8 Å². The van der Waals surface area contributed by atoms with Crippen LogP contribution in [0.4, 0.5) is 0 Å². The van der Waals surface area contributed by atoms with E-state index in [9.17, 15) is 19.0 Å². The van der Waals surface area contributed by atoms with Gasteiger partial charge in [-0.05, 0) is 77.0 Å². The minimum Gasteiger partial charge on any atom is -0.756 e. The Kier molecular flexibility index (Phi) is 61.5. The molecule has 0 N–H and O–H groups in total. The maximum Gasteiger partial charge on any atom is 0.306 e. The molecule has 0 aromatic heterocycles. The summed E-state index contributed by atoms with van der Waals surface area (Å²) in [6.45, 7) is 4.17. The molecule has 2 unspecified atom stereocenters. The lowest BCUT2D eigenvalue weighted by molar-refractivity contribution is -0.870. The van der Waals surface area contributed by atoms with E-state index in [1.807, 2.05) is 21.1 Å². The number of allylic oxidation sites excluding steroid dienone is 10. The number of ether oxygens (including phenoxy) is 2. The lowest BCUT2D eigenvalue weighted by Crippen LogP contribution is -2.37. The van der Waals surface area contributed by atoms with Crippen LogP contribution in [0.3, 0.4) is 0 Å². The normalized spacial score (nSPS) is 13.5. The van der Waals surface area contributed by atoms with Crippen LogP contribution in [0, 0.1) is 0 Å². The van der Waals surface area contributed by atoms with Crippen molar-refractivity contribution in [3.63, 3.8) is 0 Å². The molecule has 0 aliphatic heterocycles. The van der Waals surface area contributed by atoms with Gasteiger partial charge in [0, 0.05) is 12.8 Å². The summed E-state index contributed by atoms with van der Waals surface area (Å²) in [5.41, 5.74) is 0. The Labute approximate surface area is 508 Å². The molecule has 0 saturated heterocycles. The van der Waals surface area contributed by atoms with E-state index in [2.05, 4.69) is 74.6 Å². The average Bonchev–Trinajstić information content (AvgIpc) is 3.46. The quantitative estimate of drug-likeness (QED) is 0.0195. The first-order valence-electron chi connectivity index (χ1n) is 35.0. The predicted molar refractivity (Wildman–Crippen MR) is 351 cm³/mol. The summed E-state index contributed by atoms with van der Waals surface area (Å²) in [6, 6.07) is 0. The molecule has 0 aromatic rings. The summed E-state index contributed by atoms with van der Waals surface area (Å²) in [5.74, 6) is -0.819. The van der Waals surface area contributed by atoms with Gasteiger partial charge >= 0.3 is 11.9 Å². The number of nitrogens with zero attached hydrogens (tertiary/aromatic N) is 1. The van der Waals surface area contributed by atoms with Gasteiger partial charge in [-0.3, -0.25) is 14.2 Å². The fraction of sp³-hybridized carbons (Fsp3) is 0.833. The minimum atomic E-state index is -4.64. The number of esters is 2. The lowest BCUT2D eigenvalue weighted by Gasteiger charge is -2.28. The van der Waals surface area contributed by atoms with Crippen LogP contribution in [-0.4, -0.2) is 70.0 Å². The number of quaternary nitrogens is 1. The number of carbonyl (C=O) groups excluding carboxylic acids is 2. The molecule has 0 saturated carbocycles. The molecule has 0 aromatic carbocycles. The molecule has 0 aliphatic carbocycles. The molecule has 0 bridgehead atoms. The van der Waals surface area contributed by atoms with Gasteiger partial charge in [0.1, 0.15) is 19.8 Å². The number of phosphoric ester groups is 1. The van der Waals surface area contributed by atoms with Crippen molar-refractivity contribution >= 4 is 19.8 Å². The van der Waals surface area contributed by atoms with E-state index < -0.39 is 26.5 Å². The van der Waals surface area contributed by atoms with E-state index in [4.69, 9.17) is 18.5 Å². The molecule has 2 atom stereocenters. The smallest absolute Gasteiger partial charge is 0.306 e. The van der Waals surface area contributed by atoms with Gasteiger partial charge in [0.15, 0.2) is 6.10 Å². The van der Waals surface area contributed by atoms with Crippen LogP contribution in [0.25, 0.3) is 0 Å². The van der Waals surface area contributed by atoms with Crippen molar-refractivity contribution in [2.75, 3.05) is 47.5 Å². The highest BCUT2D eigenvalue weighted by molar-refractivity contribution is 7.45. The number of carbonyl (C=O) groups is 2. The van der Waals surface area contributed by atoms with E-state index in [0.717, 1.165) is 57.8 Å². The van der Waals surface area contributed by atoms with Gasteiger partial charge < -0.3 is 27.9 Å². The SMILES string of the molecule is CC/C=C\C/C=C\C/C=C\C/C=C\CCCCCCCCCCCCCCCCCCCCCCCCCCCCC(=O)OC(COC(=O)CCCCCCCCCCC/C=C\CCCCCCCC)COP(=O)([O-])OCC[N+](C)(C)C. The van der Waals surface area contributed by atoms with Crippen molar-refractivity contribution in [1.29, 1.82) is 0 Å². The standard InChI is InChI=1S/C72H134NO8P/c1-6-8-10-12-14-16-18-20-22-24-26-27-28-29-30-31-32-33-34-35-36-37-38-39-40-41-42-43-44-45-47-49-51-53-55-57-59-61-63-65-72(75)81-70(69-80-82(76,77)79-67-66-73(3,4)5)68-78-71(74)64-62-60-58-56-54-52-50-48-46-25-23-21-19-17-15-13-11-9-7-2/h8,10,14,16,20-23,26-27,70H,6-7,9,11-13,15,17-19,24-25,28-69H2,1-5H3/b10-8-,16-14-,22-20-,23-21-,27-26-. The summed E-state index contributed by atoms with van der Waals surface area (Å²) in [6.07, 6.45) is 83.2. The molecule has 0 spiro atoms. The van der Waals surface area contributed by atoms with Crippen molar-refractivity contribution in [2.24, 2.45) is 0 Å². The van der Waals surface area contributed by atoms with Crippen LogP contribution < -0.4 is 4.89 Å². The van der Waals surface area contributed by atoms with E-state index >= 15 is 0 Å². The summed E-state index contributed by atoms with van der Waals surface area (Å²) in [4.78, 5) is 38.0. The highest BCUT2D eigenvalue weighted by Crippen LogP contribution is 2.38. The number of hydrogen-bond donors (Lipinski definition) is 0. The highest BCUT2D eigenvalue weighted by Gasteiger charge is 2.22. The van der Waals surface area contributed by atoms with Crippen LogP contribution in [0.15, 0.2) is 60.8 Å². The third kappa shape index (κ3) is 66.8. The zero-order valence-corrected chi connectivity index (χ0v) is 55.6.